The molecule has 1 fully saturated rings. The SMILES string of the molecule is CN(C)S(=O)(=O)N1CCC(CNC(=O)c2ccccc2F)(C2=CCCCC2)CC1. The summed E-state index contributed by atoms with van der Waals surface area (Å²) in [5, 5.41) is 2.93. The van der Waals surface area contributed by atoms with Gasteiger partial charge in [0.25, 0.3) is 16.1 Å². The molecule has 29 heavy (non-hydrogen) atoms. The molecule has 1 aliphatic carbocycles. The number of nitrogens with one attached hydrogen (secondary N) is 1. The van der Waals surface area contributed by atoms with Gasteiger partial charge < -0.3 is 5.32 Å². The Kier molecular flexibility index (Phi) is 6.76. The molecule has 0 saturated carbocycles. The van der Waals surface area contributed by atoms with Crippen LogP contribution in [0.5, 0.6) is 0 Å². The van der Waals surface area contributed by atoms with Crippen molar-refractivity contribution in [1.29, 1.82) is 0 Å². The summed E-state index contributed by atoms with van der Waals surface area (Å²) in [4.78, 5) is 12.6. The average Bonchev–Trinajstić information content (AvgIpc) is 2.73. The van der Waals surface area contributed by atoms with Gasteiger partial charge in [0.2, 0.25) is 0 Å². The third-order valence-corrected chi connectivity index (χ3v) is 8.09. The van der Waals surface area contributed by atoms with Crippen LogP contribution in [-0.4, -0.2) is 56.7 Å². The quantitative estimate of drug-likeness (QED) is 0.716. The molecule has 0 aromatic heterocycles. The molecule has 3 rings (SSSR count). The number of carbonyl (C=O) groups is 1. The normalized spacial score (nSPS) is 20.3. The lowest BCUT2D eigenvalue weighted by Gasteiger charge is -2.44. The van der Waals surface area contributed by atoms with Crippen molar-refractivity contribution in [2.45, 2.75) is 38.5 Å². The van der Waals surface area contributed by atoms with Crippen LogP contribution in [0.3, 0.4) is 0 Å². The van der Waals surface area contributed by atoms with E-state index in [1.54, 1.807) is 12.1 Å². The van der Waals surface area contributed by atoms with Crippen molar-refractivity contribution in [3.8, 4) is 0 Å². The van der Waals surface area contributed by atoms with Crippen molar-refractivity contribution < 1.29 is 17.6 Å². The highest BCUT2D eigenvalue weighted by atomic mass is 32.2. The lowest BCUT2D eigenvalue weighted by atomic mass is 9.69. The van der Waals surface area contributed by atoms with Crippen LogP contribution in [0.25, 0.3) is 0 Å². The topological polar surface area (TPSA) is 69.7 Å². The van der Waals surface area contributed by atoms with Crippen LogP contribution in [-0.2, 0) is 10.2 Å². The van der Waals surface area contributed by atoms with E-state index in [1.165, 1.54) is 40.4 Å². The van der Waals surface area contributed by atoms with E-state index in [0.29, 0.717) is 32.5 Å². The number of nitrogens with zero attached hydrogens (tertiary/aromatic N) is 2. The van der Waals surface area contributed by atoms with Gasteiger partial charge in [-0.15, -0.1) is 0 Å². The van der Waals surface area contributed by atoms with Gasteiger partial charge in [0.15, 0.2) is 0 Å². The zero-order valence-electron chi connectivity index (χ0n) is 17.2. The highest BCUT2D eigenvalue weighted by molar-refractivity contribution is 7.86. The minimum absolute atomic E-state index is 0.0351. The molecular weight excluding hydrogens is 393 g/mol. The van der Waals surface area contributed by atoms with Crippen LogP contribution in [0.2, 0.25) is 0 Å². The number of halogens is 1. The first-order chi connectivity index (χ1) is 13.8. The van der Waals surface area contributed by atoms with Crippen LogP contribution >= 0.6 is 0 Å². The highest BCUT2D eigenvalue weighted by Crippen LogP contribution is 2.43. The Morgan fingerprint density at radius 3 is 2.48 bits per heavy atom. The Labute approximate surface area is 172 Å². The summed E-state index contributed by atoms with van der Waals surface area (Å²) in [5.74, 6) is -0.968. The Morgan fingerprint density at radius 2 is 1.90 bits per heavy atom. The molecule has 1 aromatic carbocycles. The molecule has 6 nitrogen and oxygen atoms in total. The largest absolute Gasteiger partial charge is 0.351 e. The molecule has 1 aliphatic heterocycles. The summed E-state index contributed by atoms with van der Waals surface area (Å²) in [6.45, 7) is 1.21. The van der Waals surface area contributed by atoms with Crippen LogP contribution in [0.15, 0.2) is 35.9 Å². The maximum atomic E-state index is 14.0. The van der Waals surface area contributed by atoms with Gasteiger partial charge >= 0.3 is 0 Å². The van der Waals surface area contributed by atoms with Gasteiger partial charge in [0.05, 0.1) is 5.56 Å². The van der Waals surface area contributed by atoms with Crippen molar-refractivity contribution in [3.05, 3.63) is 47.3 Å². The summed E-state index contributed by atoms with van der Waals surface area (Å²) in [5.41, 5.74) is 1.06. The molecule has 1 saturated heterocycles. The minimum Gasteiger partial charge on any atom is -0.351 e. The molecule has 1 heterocycles. The number of carbonyl (C=O) groups excluding carboxylic acids is 1. The Balaban J connectivity index is 1.77. The molecule has 2 aliphatic rings. The first-order valence-electron chi connectivity index (χ1n) is 10.2. The number of benzene rings is 1. The van der Waals surface area contributed by atoms with Crippen LogP contribution < -0.4 is 5.32 Å². The second-order valence-corrected chi connectivity index (χ2v) is 10.2. The third kappa shape index (κ3) is 4.70. The average molecular weight is 424 g/mol. The monoisotopic (exact) mass is 423 g/mol. The predicted octanol–water partition coefficient (Wildman–Crippen LogP) is 2.94. The third-order valence-electron chi connectivity index (χ3n) is 6.15. The fourth-order valence-electron chi connectivity index (χ4n) is 4.30. The van der Waals surface area contributed by atoms with E-state index >= 15 is 0 Å². The number of hydrogen-bond acceptors (Lipinski definition) is 3. The van der Waals surface area contributed by atoms with Crippen molar-refractivity contribution in [2.75, 3.05) is 33.7 Å². The molecule has 1 N–H and O–H groups in total. The summed E-state index contributed by atoms with van der Waals surface area (Å²) < 4.78 is 41.7. The Bertz CT molecular complexity index is 875. The Morgan fingerprint density at radius 1 is 1.21 bits per heavy atom. The zero-order valence-corrected chi connectivity index (χ0v) is 18.0. The van der Waals surface area contributed by atoms with E-state index in [1.807, 2.05) is 0 Å². The van der Waals surface area contributed by atoms with Crippen molar-refractivity contribution in [3.63, 3.8) is 0 Å². The molecule has 8 heteroatoms. The molecule has 0 atom stereocenters. The number of piperidine rings is 1. The van der Waals surface area contributed by atoms with E-state index in [2.05, 4.69) is 11.4 Å². The fourth-order valence-corrected chi connectivity index (χ4v) is 5.40. The maximum absolute atomic E-state index is 14.0. The second-order valence-electron chi connectivity index (χ2n) is 8.11. The van der Waals surface area contributed by atoms with Gasteiger partial charge in [-0.05, 0) is 50.7 Å². The van der Waals surface area contributed by atoms with Gasteiger partial charge in [-0.2, -0.15) is 17.0 Å². The molecule has 0 unspecified atom stereocenters. The molecule has 1 aromatic rings. The van der Waals surface area contributed by atoms with Gasteiger partial charge in [0, 0.05) is 39.1 Å². The molecule has 0 radical (unpaired) electrons. The van der Waals surface area contributed by atoms with Crippen LogP contribution in [0, 0.1) is 11.2 Å². The number of hydrogen-bond donors (Lipinski definition) is 1. The van der Waals surface area contributed by atoms with Crippen molar-refractivity contribution in [1.82, 2.24) is 13.9 Å². The first kappa shape index (κ1) is 21.9. The lowest BCUT2D eigenvalue weighted by Crippen LogP contribution is -2.51. The summed E-state index contributed by atoms with van der Waals surface area (Å²) in [6, 6.07) is 5.95. The van der Waals surface area contributed by atoms with E-state index in [4.69, 9.17) is 0 Å². The predicted molar refractivity (Wildman–Crippen MR) is 111 cm³/mol. The number of amides is 1. The standard InChI is InChI=1S/C21H30FN3O3S/c1-24(2)29(27,28)25-14-12-21(13-15-25,17-8-4-3-5-9-17)16-23-20(26)18-10-6-7-11-19(18)22/h6-8,10-11H,3-5,9,12-16H2,1-2H3,(H,23,26). The Hall–Kier alpha value is -1.77. The molecule has 0 spiro atoms. The zero-order chi connectivity index (χ0) is 21.1. The van der Waals surface area contributed by atoms with Crippen LogP contribution in [0.4, 0.5) is 4.39 Å². The van der Waals surface area contributed by atoms with E-state index in [-0.39, 0.29) is 11.0 Å². The second kappa shape index (κ2) is 8.93. The van der Waals surface area contributed by atoms with E-state index < -0.39 is 21.9 Å². The van der Waals surface area contributed by atoms with E-state index in [9.17, 15) is 17.6 Å². The fraction of sp³-hybridized carbons (Fsp3) is 0.571. The van der Waals surface area contributed by atoms with Crippen molar-refractivity contribution in [2.24, 2.45) is 5.41 Å². The van der Waals surface area contributed by atoms with Crippen LogP contribution in [0.1, 0.15) is 48.9 Å². The maximum Gasteiger partial charge on any atom is 0.281 e. The van der Waals surface area contributed by atoms with Gasteiger partial charge in [-0.3, -0.25) is 4.79 Å². The molecule has 1 amide bonds. The highest BCUT2D eigenvalue weighted by Gasteiger charge is 2.41. The van der Waals surface area contributed by atoms with Crippen molar-refractivity contribution >= 4 is 16.1 Å². The first-order valence-corrected chi connectivity index (χ1v) is 11.6. The molecule has 0 bridgehead atoms. The summed E-state index contributed by atoms with van der Waals surface area (Å²) in [7, 11) is -0.376. The summed E-state index contributed by atoms with van der Waals surface area (Å²) >= 11 is 0. The van der Waals surface area contributed by atoms with Gasteiger partial charge in [0.1, 0.15) is 5.82 Å². The lowest BCUT2D eigenvalue weighted by molar-refractivity contribution is 0.0911. The minimum atomic E-state index is -3.45. The van der Waals surface area contributed by atoms with Gasteiger partial charge in [-0.1, -0.05) is 23.8 Å². The molecule has 160 valence electrons. The van der Waals surface area contributed by atoms with Gasteiger partial charge in [-0.25, -0.2) is 4.39 Å². The number of allylic oxidation sites excluding steroid dienone is 1. The van der Waals surface area contributed by atoms with E-state index in [0.717, 1.165) is 25.7 Å². The summed E-state index contributed by atoms with van der Waals surface area (Å²) in [6.07, 6.45) is 7.78. The smallest absolute Gasteiger partial charge is 0.281 e. The molecular formula is C21H30FN3O3S. The number of rotatable bonds is 6.